The Morgan fingerprint density at radius 2 is 2.25 bits per heavy atom. The van der Waals surface area contributed by atoms with Gasteiger partial charge in [-0.3, -0.25) is 4.79 Å². The van der Waals surface area contributed by atoms with Gasteiger partial charge in [0.25, 0.3) is 0 Å². The first-order valence-corrected chi connectivity index (χ1v) is 9.70. The first-order chi connectivity index (χ1) is 11.8. The summed E-state index contributed by atoms with van der Waals surface area (Å²) in [6.45, 7) is 0.843. The molecule has 0 spiro atoms. The van der Waals surface area contributed by atoms with Crippen LogP contribution in [0.15, 0.2) is 16.1 Å². The normalized spacial score (nSPS) is 21.2. The summed E-state index contributed by atoms with van der Waals surface area (Å²) in [6, 6.07) is 0.163. The number of amides is 1. The summed E-state index contributed by atoms with van der Waals surface area (Å²) in [5, 5.41) is 7.07. The molecule has 0 aromatic carbocycles. The third kappa shape index (κ3) is 3.50. The van der Waals surface area contributed by atoms with Crippen LogP contribution in [0.5, 0.6) is 0 Å². The van der Waals surface area contributed by atoms with Crippen LogP contribution in [0.2, 0.25) is 0 Å². The van der Waals surface area contributed by atoms with E-state index in [-0.39, 0.29) is 11.9 Å². The van der Waals surface area contributed by atoms with Gasteiger partial charge in [0.2, 0.25) is 11.8 Å². The zero-order chi connectivity index (χ0) is 16.4. The minimum Gasteiger partial charge on any atom is -0.339 e. The SMILES string of the molecule is O=C(CCCc1nc(C2CC2)no1)N1CCCC[C@H]1c1nccs1. The Morgan fingerprint density at radius 3 is 3.04 bits per heavy atom. The van der Waals surface area contributed by atoms with Gasteiger partial charge in [-0.05, 0) is 38.5 Å². The number of hydrogen-bond acceptors (Lipinski definition) is 6. The molecule has 0 N–H and O–H groups in total. The molecular formula is C17H22N4O2S. The molecule has 1 aliphatic heterocycles. The highest BCUT2D eigenvalue weighted by Gasteiger charge is 2.30. The summed E-state index contributed by atoms with van der Waals surface area (Å²) in [7, 11) is 0. The van der Waals surface area contributed by atoms with Crippen LogP contribution >= 0.6 is 11.3 Å². The van der Waals surface area contributed by atoms with Gasteiger partial charge in [0, 0.05) is 36.9 Å². The van der Waals surface area contributed by atoms with Crippen molar-refractivity contribution in [2.75, 3.05) is 6.54 Å². The van der Waals surface area contributed by atoms with E-state index in [1.165, 1.54) is 19.3 Å². The number of carbonyl (C=O) groups is 1. The number of nitrogens with zero attached hydrogens (tertiary/aromatic N) is 4. The second-order valence-electron chi connectivity index (χ2n) is 6.64. The zero-order valence-electron chi connectivity index (χ0n) is 13.7. The third-order valence-corrected chi connectivity index (χ3v) is 5.64. The van der Waals surface area contributed by atoms with Crippen molar-refractivity contribution >= 4 is 17.2 Å². The maximum Gasteiger partial charge on any atom is 0.226 e. The maximum absolute atomic E-state index is 12.7. The summed E-state index contributed by atoms with van der Waals surface area (Å²) in [4.78, 5) is 23.5. The molecule has 1 aliphatic carbocycles. The Hall–Kier alpha value is -1.76. The lowest BCUT2D eigenvalue weighted by Crippen LogP contribution is -2.38. The molecule has 2 aliphatic rings. The molecule has 1 saturated carbocycles. The van der Waals surface area contributed by atoms with Gasteiger partial charge in [-0.2, -0.15) is 4.98 Å². The van der Waals surface area contributed by atoms with E-state index >= 15 is 0 Å². The Labute approximate surface area is 145 Å². The standard InChI is InChI=1S/C17H22N4O2S/c22-15(6-3-5-14-19-16(20-23-14)12-7-8-12)21-10-2-1-4-13(21)17-18-9-11-24-17/h9,11-13H,1-8,10H2/t13-/m0/s1. The molecule has 128 valence electrons. The van der Waals surface area contributed by atoms with E-state index < -0.39 is 0 Å². The van der Waals surface area contributed by atoms with Gasteiger partial charge in [-0.1, -0.05) is 5.16 Å². The molecule has 0 bridgehead atoms. The quantitative estimate of drug-likeness (QED) is 0.801. The van der Waals surface area contributed by atoms with Gasteiger partial charge >= 0.3 is 0 Å². The van der Waals surface area contributed by atoms with Gasteiger partial charge in [0.1, 0.15) is 5.01 Å². The number of aryl methyl sites for hydroxylation is 1. The van der Waals surface area contributed by atoms with Gasteiger partial charge < -0.3 is 9.42 Å². The lowest BCUT2D eigenvalue weighted by Gasteiger charge is -2.34. The number of carbonyl (C=O) groups excluding carboxylic acids is 1. The Bertz CT molecular complexity index is 681. The molecule has 2 aromatic rings. The van der Waals surface area contributed by atoms with Crippen molar-refractivity contribution < 1.29 is 9.32 Å². The first kappa shape index (κ1) is 15.7. The molecule has 2 fully saturated rings. The van der Waals surface area contributed by atoms with Crippen LogP contribution in [0.1, 0.15) is 73.6 Å². The fraction of sp³-hybridized carbons (Fsp3) is 0.647. The van der Waals surface area contributed by atoms with Crippen LogP contribution in [0.3, 0.4) is 0 Å². The van der Waals surface area contributed by atoms with Crippen molar-refractivity contribution in [3.8, 4) is 0 Å². The number of hydrogen-bond donors (Lipinski definition) is 0. The van der Waals surface area contributed by atoms with Gasteiger partial charge in [0.05, 0.1) is 6.04 Å². The predicted molar refractivity (Wildman–Crippen MR) is 89.6 cm³/mol. The molecule has 4 rings (SSSR count). The summed E-state index contributed by atoms with van der Waals surface area (Å²) in [6.07, 6.45) is 9.41. The van der Waals surface area contributed by atoms with Crippen molar-refractivity contribution in [3.05, 3.63) is 28.3 Å². The van der Waals surface area contributed by atoms with Crippen molar-refractivity contribution in [2.45, 2.75) is 63.3 Å². The Balaban J connectivity index is 1.30. The molecule has 0 unspecified atom stereocenters. The lowest BCUT2D eigenvalue weighted by atomic mass is 10.0. The maximum atomic E-state index is 12.7. The number of rotatable bonds is 6. The van der Waals surface area contributed by atoms with Crippen molar-refractivity contribution in [1.29, 1.82) is 0 Å². The largest absolute Gasteiger partial charge is 0.339 e. The number of piperidine rings is 1. The number of aromatic nitrogens is 3. The van der Waals surface area contributed by atoms with E-state index in [9.17, 15) is 4.79 Å². The van der Waals surface area contributed by atoms with E-state index in [4.69, 9.17) is 4.52 Å². The average molecular weight is 346 g/mol. The Kier molecular flexibility index (Phi) is 4.60. The summed E-state index contributed by atoms with van der Waals surface area (Å²) in [5.74, 6) is 2.24. The van der Waals surface area contributed by atoms with Crippen LogP contribution in [-0.4, -0.2) is 32.5 Å². The van der Waals surface area contributed by atoms with E-state index in [0.717, 1.165) is 36.6 Å². The van der Waals surface area contributed by atoms with Gasteiger partial charge in [0.15, 0.2) is 5.82 Å². The molecule has 24 heavy (non-hydrogen) atoms. The third-order valence-electron chi connectivity index (χ3n) is 4.77. The topological polar surface area (TPSA) is 72.1 Å². The molecule has 0 radical (unpaired) electrons. The number of thiazole rings is 1. The fourth-order valence-electron chi connectivity index (χ4n) is 3.30. The molecule has 6 nitrogen and oxygen atoms in total. The minimum absolute atomic E-state index is 0.163. The lowest BCUT2D eigenvalue weighted by molar-refractivity contribution is -0.135. The number of likely N-dealkylation sites (tertiary alicyclic amines) is 1. The summed E-state index contributed by atoms with van der Waals surface area (Å²) >= 11 is 1.64. The van der Waals surface area contributed by atoms with Crippen molar-refractivity contribution in [2.24, 2.45) is 0 Å². The Morgan fingerprint density at radius 1 is 1.33 bits per heavy atom. The molecule has 2 aromatic heterocycles. The van der Waals surface area contributed by atoms with Crippen LogP contribution in [0, 0.1) is 0 Å². The van der Waals surface area contributed by atoms with E-state index in [0.29, 0.717) is 24.7 Å². The monoisotopic (exact) mass is 346 g/mol. The average Bonchev–Trinajstić information content (AvgIpc) is 3.12. The van der Waals surface area contributed by atoms with Gasteiger partial charge in [-0.15, -0.1) is 11.3 Å². The molecular weight excluding hydrogens is 324 g/mol. The smallest absolute Gasteiger partial charge is 0.226 e. The first-order valence-electron chi connectivity index (χ1n) is 8.82. The highest BCUT2D eigenvalue weighted by molar-refractivity contribution is 7.09. The minimum atomic E-state index is 0.163. The zero-order valence-corrected chi connectivity index (χ0v) is 14.5. The summed E-state index contributed by atoms with van der Waals surface area (Å²) in [5.41, 5.74) is 0. The van der Waals surface area contributed by atoms with E-state index in [1.54, 1.807) is 11.3 Å². The molecule has 1 saturated heterocycles. The molecule has 1 amide bonds. The van der Waals surface area contributed by atoms with Crippen molar-refractivity contribution in [3.63, 3.8) is 0 Å². The van der Waals surface area contributed by atoms with E-state index in [1.807, 2.05) is 16.5 Å². The fourth-order valence-corrected chi connectivity index (χ4v) is 4.08. The molecule has 1 atom stereocenters. The van der Waals surface area contributed by atoms with Crippen LogP contribution in [-0.2, 0) is 11.2 Å². The van der Waals surface area contributed by atoms with Gasteiger partial charge in [-0.25, -0.2) is 4.98 Å². The van der Waals surface area contributed by atoms with Crippen LogP contribution in [0.25, 0.3) is 0 Å². The van der Waals surface area contributed by atoms with Crippen LogP contribution < -0.4 is 0 Å². The predicted octanol–water partition coefficient (Wildman–Crippen LogP) is 3.48. The van der Waals surface area contributed by atoms with E-state index in [2.05, 4.69) is 15.1 Å². The highest BCUT2D eigenvalue weighted by Crippen LogP contribution is 2.38. The second-order valence-corrected chi connectivity index (χ2v) is 7.57. The molecule has 3 heterocycles. The highest BCUT2D eigenvalue weighted by atomic mass is 32.1. The molecule has 7 heteroatoms. The van der Waals surface area contributed by atoms with Crippen molar-refractivity contribution in [1.82, 2.24) is 20.0 Å². The second kappa shape index (κ2) is 7.01. The summed E-state index contributed by atoms with van der Waals surface area (Å²) < 4.78 is 5.28. The van der Waals surface area contributed by atoms with Crippen LogP contribution in [0.4, 0.5) is 0 Å².